The molecule has 2 aliphatic heterocycles. The van der Waals surface area contributed by atoms with Gasteiger partial charge in [-0.15, -0.1) is 11.3 Å². The van der Waals surface area contributed by atoms with Gasteiger partial charge in [0.2, 0.25) is 11.8 Å². The first-order valence-corrected chi connectivity index (χ1v) is 18.6. The number of morpholine rings is 1. The fourth-order valence-electron chi connectivity index (χ4n) is 6.42. The van der Waals surface area contributed by atoms with E-state index in [4.69, 9.17) is 14.5 Å². The lowest BCUT2D eigenvalue weighted by Crippen LogP contribution is -2.56. The summed E-state index contributed by atoms with van der Waals surface area (Å²) < 4.78 is 46.6. The van der Waals surface area contributed by atoms with Crippen molar-refractivity contribution in [3.63, 3.8) is 0 Å². The zero-order chi connectivity index (χ0) is 36.5. The Bertz CT molecular complexity index is 1960. The molecule has 0 saturated carbocycles. The molecule has 51 heavy (non-hydrogen) atoms. The highest BCUT2D eigenvalue weighted by Crippen LogP contribution is 2.59. The van der Waals surface area contributed by atoms with E-state index in [0.29, 0.717) is 42.8 Å². The number of carbonyl (C=O) groups is 3. The summed E-state index contributed by atoms with van der Waals surface area (Å²) in [5.41, 5.74) is -3.59. The lowest BCUT2D eigenvalue weighted by atomic mass is 9.80. The molecule has 2 saturated heterocycles. The van der Waals surface area contributed by atoms with Gasteiger partial charge in [0, 0.05) is 29.8 Å². The van der Waals surface area contributed by atoms with Crippen LogP contribution in [0.3, 0.4) is 0 Å². The molecule has 17 heteroatoms. The summed E-state index contributed by atoms with van der Waals surface area (Å²) in [5, 5.41) is 21.9. The molecule has 268 valence electrons. The Hall–Kier alpha value is -4.02. The fraction of sp³-hybridized carbons (Fsp3) is 0.324. The summed E-state index contributed by atoms with van der Waals surface area (Å²) in [5.74, 6) is -1.41. The molecule has 3 aromatic carbocycles. The van der Waals surface area contributed by atoms with Gasteiger partial charge in [-0.3, -0.25) is 18.9 Å². The molecule has 0 aliphatic carbocycles. The highest BCUT2D eigenvalue weighted by atomic mass is 32.1. The second-order valence-corrected chi connectivity index (χ2v) is 15.3. The van der Waals surface area contributed by atoms with Crippen LogP contribution < -0.4 is 10.8 Å². The van der Waals surface area contributed by atoms with Crippen LogP contribution in [0.25, 0.3) is 10.1 Å². The number of ether oxygens (including phenoxy) is 1. The molecule has 4 aromatic rings. The minimum absolute atomic E-state index is 0.0129. The summed E-state index contributed by atoms with van der Waals surface area (Å²) in [4.78, 5) is 63.4. The Morgan fingerprint density at radius 3 is 2.43 bits per heavy atom. The van der Waals surface area contributed by atoms with Gasteiger partial charge >= 0.3 is 20.4 Å². The maximum absolute atomic E-state index is 14.4. The standard InChI is InChI=1S/C34H35BF2N3O9PS/c36-34(37,50(46,47)48)24-10-13-29-23(18-24)19-30(51-29)31(41)38-26(17-21-8-11-25(12-9-21)35(44)45)32(42)40-14-4-7-27(40)33(43)39-15-16-49-28(20-39)22-5-2-1-3-6-22/h1-3,5-6,8-13,18-19,26-28,44-45H,4,7,14-17,20H2,(H,38,41)(H2,46,47,48)/t26?,27-,28-/m0/s1. The SMILES string of the molecule is O=C(NC(Cc1ccc(B(O)O)cc1)C(=O)N1CCC[C@H]1C(=O)N1CCO[C@H](c2ccccc2)C1)c1cc2cc(C(F)(F)P(=O)(O)O)ccc2s1. The molecule has 3 heterocycles. The summed E-state index contributed by atoms with van der Waals surface area (Å²) in [7, 11) is -7.52. The molecule has 0 radical (unpaired) electrons. The predicted molar refractivity (Wildman–Crippen MR) is 185 cm³/mol. The number of halogens is 2. The number of nitrogens with one attached hydrogen (secondary N) is 1. The third-order valence-electron chi connectivity index (χ3n) is 9.14. The molecule has 2 aliphatic rings. The van der Waals surface area contributed by atoms with E-state index < -0.39 is 49.8 Å². The van der Waals surface area contributed by atoms with Gasteiger partial charge in [0.1, 0.15) is 18.2 Å². The van der Waals surface area contributed by atoms with Crippen molar-refractivity contribution in [3.05, 3.63) is 100 Å². The number of carbonyl (C=O) groups excluding carboxylic acids is 3. The molecule has 6 rings (SSSR count). The number of rotatable bonds is 10. The Morgan fingerprint density at radius 1 is 1.02 bits per heavy atom. The Morgan fingerprint density at radius 2 is 1.75 bits per heavy atom. The summed E-state index contributed by atoms with van der Waals surface area (Å²) in [6.45, 7) is 1.29. The molecule has 3 atom stereocenters. The number of benzene rings is 3. The van der Waals surface area contributed by atoms with Crippen molar-refractivity contribution in [1.82, 2.24) is 15.1 Å². The van der Waals surface area contributed by atoms with Gasteiger partial charge in [-0.25, -0.2) is 0 Å². The molecule has 5 N–H and O–H groups in total. The van der Waals surface area contributed by atoms with Gasteiger partial charge in [-0.1, -0.05) is 60.7 Å². The first-order valence-electron chi connectivity index (χ1n) is 16.2. The normalized spacial score (nSPS) is 18.9. The topological polar surface area (TPSA) is 177 Å². The number of likely N-dealkylation sites (tertiary alicyclic amines) is 1. The molecule has 2 fully saturated rings. The van der Waals surface area contributed by atoms with E-state index in [-0.39, 0.29) is 40.7 Å². The van der Waals surface area contributed by atoms with E-state index in [0.717, 1.165) is 29.0 Å². The van der Waals surface area contributed by atoms with Crippen LogP contribution in [0.5, 0.6) is 0 Å². The van der Waals surface area contributed by atoms with Crippen LogP contribution >= 0.6 is 18.9 Å². The first kappa shape index (κ1) is 36.8. The summed E-state index contributed by atoms with van der Waals surface area (Å²) >= 11 is 0.948. The van der Waals surface area contributed by atoms with Crippen LogP contribution in [0.4, 0.5) is 8.78 Å². The number of hydrogen-bond acceptors (Lipinski definition) is 8. The quantitative estimate of drug-likeness (QED) is 0.121. The van der Waals surface area contributed by atoms with Crippen LogP contribution in [0.1, 0.15) is 45.3 Å². The fourth-order valence-corrected chi connectivity index (χ4v) is 7.84. The zero-order valence-corrected chi connectivity index (χ0v) is 28.8. The van der Waals surface area contributed by atoms with Crippen LogP contribution in [-0.2, 0) is 31.0 Å². The minimum Gasteiger partial charge on any atom is -0.423 e. The van der Waals surface area contributed by atoms with Gasteiger partial charge < -0.3 is 39.7 Å². The molecule has 12 nitrogen and oxygen atoms in total. The molecule has 1 unspecified atom stereocenters. The molecule has 0 bridgehead atoms. The highest BCUT2D eigenvalue weighted by molar-refractivity contribution is 7.52. The van der Waals surface area contributed by atoms with E-state index in [9.17, 15) is 37.8 Å². The van der Waals surface area contributed by atoms with Crippen molar-refractivity contribution in [1.29, 1.82) is 0 Å². The van der Waals surface area contributed by atoms with E-state index in [1.807, 2.05) is 30.3 Å². The maximum Gasteiger partial charge on any atom is 0.488 e. The van der Waals surface area contributed by atoms with Crippen molar-refractivity contribution in [2.45, 2.75) is 43.1 Å². The lowest BCUT2D eigenvalue weighted by Gasteiger charge is -2.37. The van der Waals surface area contributed by atoms with E-state index >= 15 is 0 Å². The average Bonchev–Trinajstić information content (AvgIpc) is 3.79. The summed E-state index contributed by atoms with van der Waals surface area (Å²) in [6.07, 6.45) is 0.666. The van der Waals surface area contributed by atoms with E-state index in [1.54, 1.807) is 17.0 Å². The van der Waals surface area contributed by atoms with Crippen LogP contribution in [0.2, 0.25) is 0 Å². The maximum atomic E-state index is 14.4. The van der Waals surface area contributed by atoms with Crippen LogP contribution in [0.15, 0.2) is 78.9 Å². The number of hydrogen-bond donors (Lipinski definition) is 5. The van der Waals surface area contributed by atoms with Gasteiger partial charge in [0.15, 0.2) is 0 Å². The number of fused-ring (bicyclic) bond motifs is 1. The van der Waals surface area contributed by atoms with Gasteiger partial charge in [0.05, 0.1) is 18.0 Å². The highest BCUT2D eigenvalue weighted by Gasteiger charge is 2.50. The Balaban J connectivity index is 1.24. The smallest absolute Gasteiger partial charge is 0.423 e. The second kappa shape index (κ2) is 14.9. The third-order valence-corrected chi connectivity index (χ3v) is 11.2. The molecule has 1 aromatic heterocycles. The largest absolute Gasteiger partial charge is 0.488 e. The van der Waals surface area contributed by atoms with Crippen molar-refractivity contribution in [2.75, 3.05) is 26.2 Å². The molecular weight excluding hydrogens is 706 g/mol. The lowest BCUT2D eigenvalue weighted by molar-refractivity contribution is -0.149. The van der Waals surface area contributed by atoms with E-state index in [2.05, 4.69) is 5.32 Å². The second-order valence-electron chi connectivity index (χ2n) is 12.5. The average molecular weight is 742 g/mol. The minimum atomic E-state index is -5.81. The van der Waals surface area contributed by atoms with Gasteiger partial charge in [-0.2, -0.15) is 8.78 Å². The number of alkyl halides is 2. The Kier molecular flexibility index (Phi) is 10.8. The predicted octanol–water partition coefficient (Wildman–Crippen LogP) is 2.74. The number of nitrogens with zero attached hydrogens (tertiary/aromatic N) is 2. The zero-order valence-electron chi connectivity index (χ0n) is 27.1. The Labute approximate surface area is 295 Å². The van der Waals surface area contributed by atoms with Crippen molar-refractivity contribution < 1.29 is 52.3 Å². The van der Waals surface area contributed by atoms with Crippen molar-refractivity contribution in [2.24, 2.45) is 0 Å². The number of thiophene rings is 1. The third kappa shape index (κ3) is 7.92. The van der Waals surface area contributed by atoms with Crippen molar-refractivity contribution in [3.8, 4) is 0 Å². The van der Waals surface area contributed by atoms with Crippen LogP contribution in [0, 0.1) is 0 Å². The molecule has 0 spiro atoms. The van der Waals surface area contributed by atoms with Crippen molar-refractivity contribution >= 4 is 59.3 Å². The van der Waals surface area contributed by atoms with Gasteiger partial charge in [-0.05, 0) is 53.0 Å². The molecular formula is C34H35BF2N3O9PS. The van der Waals surface area contributed by atoms with Gasteiger partial charge in [0.25, 0.3) is 5.91 Å². The summed E-state index contributed by atoms with van der Waals surface area (Å²) in [6, 6.07) is 18.1. The van der Waals surface area contributed by atoms with E-state index in [1.165, 1.54) is 29.2 Å². The van der Waals surface area contributed by atoms with Crippen LogP contribution in [-0.4, -0.2) is 92.8 Å². The number of amides is 3. The first-order chi connectivity index (χ1) is 24.2. The molecule has 3 amide bonds. The monoisotopic (exact) mass is 741 g/mol.